The first-order valence-corrected chi connectivity index (χ1v) is 7.89. The molecule has 0 bridgehead atoms. The maximum Gasteiger partial charge on any atom is 0.243 e. The number of aromatic nitrogens is 1. The van der Waals surface area contributed by atoms with E-state index in [9.17, 15) is 12.8 Å². The number of nitrogens with one attached hydrogen (secondary N) is 2. The minimum Gasteiger partial charge on any atom is -0.313 e. The van der Waals surface area contributed by atoms with Gasteiger partial charge in [-0.3, -0.25) is 0 Å². The van der Waals surface area contributed by atoms with E-state index in [2.05, 4.69) is 15.0 Å². The summed E-state index contributed by atoms with van der Waals surface area (Å²) in [4.78, 5) is 3.17. The SMILES string of the molecule is O=S(=O)(NCC1CCCCN1)c1cc(F)cnc1Cl. The summed E-state index contributed by atoms with van der Waals surface area (Å²) in [6.45, 7) is 1.14. The fraction of sp³-hybridized carbons (Fsp3) is 0.545. The van der Waals surface area contributed by atoms with Crippen LogP contribution in [0.25, 0.3) is 0 Å². The highest BCUT2D eigenvalue weighted by Gasteiger charge is 2.22. The van der Waals surface area contributed by atoms with Gasteiger partial charge in [0, 0.05) is 12.6 Å². The maximum absolute atomic E-state index is 13.0. The van der Waals surface area contributed by atoms with Crippen molar-refractivity contribution in [3.63, 3.8) is 0 Å². The maximum atomic E-state index is 13.0. The lowest BCUT2D eigenvalue weighted by molar-refractivity contribution is 0.398. The van der Waals surface area contributed by atoms with E-state index in [0.717, 1.165) is 38.1 Å². The molecule has 1 fully saturated rings. The number of pyridine rings is 1. The largest absolute Gasteiger partial charge is 0.313 e. The van der Waals surface area contributed by atoms with Gasteiger partial charge in [-0.25, -0.2) is 22.5 Å². The van der Waals surface area contributed by atoms with Crippen LogP contribution in [0.2, 0.25) is 5.15 Å². The molecule has 0 aromatic carbocycles. The molecule has 0 radical (unpaired) electrons. The number of hydrogen-bond donors (Lipinski definition) is 2. The average molecular weight is 308 g/mol. The van der Waals surface area contributed by atoms with Crippen molar-refractivity contribution in [2.24, 2.45) is 0 Å². The molecule has 0 amide bonds. The first kappa shape index (κ1) is 14.6. The molecule has 1 saturated heterocycles. The van der Waals surface area contributed by atoms with Crippen LogP contribution < -0.4 is 10.0 Å². The summed E-state index contributed by atoms with van der Waals surface area (Å²) < 4.78 is 39.5. The van der Waals surface area contributed by atoms with Gasteiger partial charge in [-0.05, 0) is 25.5 Å². The van der Waals surface area contributed by atoms with Gasteiger partial charge in [0.1, 0.15) is 15.9 Å². The van der Waals surface area contributed by atoms with Crippen LogP contribution in [-0.2, 0) is 10.0 Å². The molecule has 0 spiro atoms. The van der Waals surface area contributed by atoms with E-state index >= 15 is 0 Å². The molecule has 8 heteroatoms. The monoisotopic (exact) mass is 307 g/mol. The lowest BCUT2D eigenvalue weighted by atomic mass is 10.1. The molecular formula is C11H15ClFN3O2S. The molecule has 1 aliphatic rings. The molecule has 1 aromatic rings. The molecule has 2 heterocycles. The van der Waals surface area contributed by atoms with E-state index in [1.165, 1.54) is 0 Å². The molecular weight excluding hydrogens is 293 g/mol. The molecule has 0 aliphatic carbocycles. The Morgan fingerprint density at radius 3 is 3.00 bits per heavy atom. The van der Waals surface area contributed by atoms with E-state index in [4.69, 9.17) is 11.6 Å². The van der Waals surface area contributed by atoms with Gasteiger partial charge in [0.05, 0.1) is 6.20 Å². The molecule has 2 rings (SSSR count). The van der Waals surface area contributed by atoms with Crippen molar-refractivity contribution in [2.45, 2.75) is 30.2 Å². The zero-order valence-corrected chi connectivity index (χ0v) is 11.8. The Kier molecular flexibility index (Phi) is 4.72. The van der Waals surface area contributed by atoms with Crippen LogP contribution in [0.4, 0.5) is 4.39 Å². The second kappa shape index (κ2) is 6.13. The van der Waals surface area contributed by atoms with Crippen molar-refractivity contribution >= 4 is 21.6 Å². The number of sulfonamides is 1. The zero-order valence-electron chi connectivity index (χ0n) is 10.2. The van der Waals surface area contributed by atoms with E-state index in [1.807, 2.05) is 0 Å². The predicted molar refractivity (Wildman–Crippen MR) is 70.0 cm³/mol. The van der Waals surface area contributed by atoms with Gasteiger partial charge < -0.3 is 5.32 Å². The molecule has 106 valence electrons. The first-order valence-electron chi connectivity index (χ1n) is 6.03. The third kappa shape index (κ3) is 3.85. The third-order valence-electron chi connectivity index (χ3n) is 3.00. The Morgan fingerprint density at radius 2 is 2.32 bits per heavy atom. The van der Waals surface area contributed by atoms with Crippen LogP contribution in [0.1, 0.15) is 19.3 Å². The molecule has 1 unspecified atom stereocenters. The topological polar surface area (TPSA) is 71.1 Å². The van der Waals surface area contributed by atoms with Crippen LogP contribution in [0.15, 0.2) is 17.2 Å². The van der Waals surface area contributed by atoms with Crippen molar-refractivity contribution in [1.82, 2.24) is 15.0 Å². The molecule has 2 N–H and O–H groups in total. The Morgan fingerprint density at radius 1 is 1.53 bits per heavy atom. The average Bonchev–Trinajstić information content (AvgIpc) is 2.40. The molecule has 1 atom stereocenters. The van der Waals surface area contributed by atoms with Gasteiger partial charge in [-0.2, -0.15) is 0 Å². The minimum atomic E-state index is -3.84. The number of hydrogen-bond acceptors (Lipinski definition) is 4. The molecule has 1 aromatic heterocycles. The number of piperidine rings is 1. The van der Waals surface area contributed by atoms with Crippen molar-refractivity contribution in [3.05, 3.63) is 23.2 Å². The summed E-state index contributed by atoms with van der Waals surface area (Å²) in [7, 11) is -3.84. The lowest BCUT2D eigenvalue weighted by Crippen LogP contribution is -2.43. The molecule has 19 heavy (non-hydrogen) atoms. The summed E-state index contributed by atoms with van der Waals surface area (Å²) in [6.07, 6.45) is 3.96. The summed E-state index contributed by atoms with van der Waals surface area (Å²) in [6, 6.07) is 0.968. The fourth-order valence-electron chi connectivity index (χ4n) is 1.98. The van der Waals surface area contributed by atoms with E-state index in [-0.39, 0.29) is 22.6 Å². The highest BCUT2D eigenvalue weighted by atomic mass is 35.5. The standard InChI is InChI=1S/C11H15ClFN3O2S/c12-11-10(5-8(13)6-15-11)19(17,18)16-7-9-3-1-2-4-14-9/h5-6,9,14,16H,1-4,7H2. The van der Waals surface area contributed by atoms with E-state index in [0.29, 0.717) is 0 Å². The van der Waals surface area contributed by atoms with Crippen LogP contribution >= 0.6 is 11.6 Å². The van der Waals surface area contributed by atoms with E-state index < -0.39 is 15.8 Å². The quantitative estimate of drug-likeness (QED) is 0.823. The Bertz CT molecular complexity index is 547. The number of nitrogens with zero attached hydrogens (tertiary/aromatic N) is 1. The minimum absolute atomic E-state index is 0.101. The fourth-order valence-corrected chi connectivity index (χ4v) is 3.51. The number of halogens is 2. The van der Waals surface area contributed by atoms with Crippen molar-refractivity contribution in [2.75, 3.05) is 13.1 Å². The second-order valence-electron chi connectivity index (χ2n) is 4.44. The van der Waals surface area contributed by atoms with Gasteiger partial charge in [0.2, 0.25) is 10.0 Å². The highest BCUT2D eigenvalue weighted by Crippen LogP contribution is 2.19. The van der Waals surface area contributed by atoms with Crippen LogP contribution in [0, 0.1) is 5.82 Å². The number of rotatable bonds is 4. The highest BCUT2D eigenvalue weighted by molar-refractivity contribution is 7.89. The van der Waals surface area contributed by atoms with Crippen molar-refractivity contribution in [3.8, 4) is 0 Å². The molecule has 5 nitrogen and oxygen atoms in total. The normalized spacial score (nSPS) is 20.4. The third-order valence-corrected chi connectivity index (χ3v) is 4.85. The van der Waals surface area contributed by atoms with Gasteiger partial charge in [0.25, 0.3) is 0 Å². The lowest BCUT2D eigenvalue weighted by Gasteiger charge is -2.23. The van der Waals surface area contributed by atoms with Crippen LogP contribution in [0.3, 0.4) is 0 Å². The van der Waals surface area contributed by atoms with Crippen molar-refractivity contribution in [1.29, 1.82) is 0 Å². The van der Waals surface area contributed by atoms with Crippen LogP contribution in [-0.4, -0.2) is 32.5 Å². The zero-order chi connectivity index (χ0) is 13.9. The Hall–Kier alpha value is -0.760. The second-order valence-corrected chi connectivity index (χ2v) is 6.53. The van der Waals surface area contributed by atoms with Crippen molar-refractivity contribution < 1.29 is 12.8 Å². The summed E-state index contributed by atoms with van der Waals surface area (Å²) in [5.41, 5.74) is 0. The predicted octanol–water partition coefficient (Wildman–Crippen LogP) is 1.29. The van der Waals surface area contributed by atoms with Crippen LogP contribution in [0.5, 0.6) is 0 Å². The van der Waals surface area contributed by atoms with Gasteiger partial charge in [0.15, 0.2) is 0 Å². The van der Waals surface area contributed by atoms with Gasteiger partial charge in [-0.1, -0.05) is 18.0 Å². The smallest absolute Gasteiger partial charge is 0.243 e. The summed E-state index contributed by atoms with van der Waals surface area (Å²) in [5.74, 6) is -0.736. The molecule has 0 saturated carbocycles. The summed E-state index contributed by atoms with van der Waals surface area (Å²) in [5, 5.41) is 2.99. The summed E-state index contributed by atoms with van der Waals surface area (Å²) >= 11 is 5.69. The first-order chi connectivity index (χ1) is 8.99. The Balaban J connectivity index is 2.07. The molecule has 1 aliphatic heterocycles. The van der Waals surface area contributed by atoms with E-state index in [1.54, 1.807) is 0 Å². The van der Waals surface area contributed by atoms with Gasteiger partial charge in [-0.15, -0.1) is 0 Å². The van der Waals surface area contributed by atoms with Gasteiger partial charge >= 0.3 is 0 Å². The Labute approximate surface area is 116 Å².